The zero-order valence-electron chi connectivity index (χ0n) is 12.2. The van der Waals surface area contributed by atoms with Crippen LogP contribution in [0.5, 0.6) is 0 Å². The Kier molecular flexibility index (Phi) is 2.78. The zero-order valence-corrected chi connectivity index (χ0v) is 13.0. The maximum Gasteiger partial charge on any atom is 0.251 e. The highest BCUT2D eigenvalue weighted by Crippen LogP contribution is 2.50. The molecule has 2 aliphatic carbocycles. The number of primary amides is 1. The van der Waals surface area contributed by atoms with Crippen LogP contribution in [0, 0.1) is 0 Å². The van der Waals surface area contributed by atoms with E-state index in [1.165, 1.54) is 0 Å². The van der Waals surface area contributed by atoms with Crippen molar-refractivity contribution in [2.24, 2.45) is 5.73 Å². The van der Waals surface area contributed by atoms with Crippen molar-refractivity contribution in [2.45, 2.75) is 24.7 Å². The molecule has 1 unspecified atom stereocenters. The Labute approximate surface area is 136 Å². The normalized spacial score (nSPS) is 22.3. The van der Waals surface area contributed by atoms with Gasteiger partial charge in [0.1, 0.15) is 0 Å². The van der Waals surface area contributed by atoms with Crippen molar-refractivity contribution in [3.8, 4) is 0 Å². The molecule has 1 amide bonds. The third kappa shape index (κ3) is 1.69. The van der Waals surface area contributed by atoms with Crippen LogP contribution in [0.2, 0.25) is 0 Å². The maximum absolute atomic E-state index is 13.2. The molecule has 0 aliphatic heterocycles. The van der Waals surface area contributed by atoms with Crippen molar-refractivity contribution in [3.63, 3.8) is 0 Å². The molecule has 2 aliphatic rings. The molecular weight excluding hydrogens is 312 g/mol. The van der Waals surface area contributed by atoms with E-state index in [1.54, 1.807) is 6.07 Å². The van der Waals surface area contributed by atoms with E-state index in [-0.39, 0.29) is 28.6 Å². The van der Waals surface area contributed by atoms with E-state index in [9.17, 15) is 14.4 Å². The second kappa shape index (κ2) is 4.52. The number of carbonyl (C=O) groups excluding carboxylic acids is 3. The van der Waals surface area contributed by atoms with E-state index in [1.807, 2.05) is 18.2 Å². The fourth-order valence-corrected chi connectivity index (χ4v) is 5.04. The lowest BCUT2D eigenvalue weighted by atomic mass is 9.69. The van der Waals surface area contributed by atoms with Crippen LogP contribution in [0.25, 0.3) is 0 Å². The molecule has 1 aromatic carbocycles. The second-order valence-electron chi connectivity index (χ2n) is 6.07. The second-order valence-corrected chi connectivity index (χ2v) is 7.12. The van der Waals surface area contributed by atoms with Crippen LogP contribution in [0.3, 0.4) is 0 Å². The summed E-state index contributed by atoms with van der Waals surface area (Å²) in [7, 11) is 0. The molecule has 23 heavy (non-hydrogen) atoms. The molecular formula is C17H14N2O3S. The molecule has 6 heteroatoms. The van der Waals surface area contributed by atoms with Gasteiger partial charge in [-0.1, -0.05) is 24.3 Å². The third-order valence-electron chi connectivity index (χ3n) is 4.93. The number of anilines is 1. The number of ketones is 2. The number of hydrogen-bond donors (Lipinski definition) is 2. The summed E-state index contributed by atoms with van der Waals surface area (Å²) in [5.74, 6) is -0.718. The number of hydrogen-bond acceptors (Lipinski definition) is 5. The van der Waals surface area contributed by atoms with Crippen molar-refractivity contribution in [3.05, 3.63) is 51.4 Å². The standard InChI is InChI=1S/C17H14N2O3S/c18-15(22)12-9-5-6-17(14(21)13(9)23-16(12)19)7-11(20)8-3-1-2-4-10(8)17/h1-4H,5-7,19H2,(H2,18,22). The summed E-state index contributed by atoms with van der Waals surface area (Å²) in [4.78, 5) is 37.6. The van der Waals surface area contributed by atoms with Gasteiger partial charge in [-0.25, -0.2) is 0 Å². The lowest BCUT2D eigenvalue weighted by molar-refractivity contribution is 0.0823. The average molecular weight is 326 g/mol. The van der Waals surface area contributed by atoms with Crippen molar-refractivity contribution in [2.75, 3.05) is 5.73 Å². The number of nitrogens with two attached hydrogens (primary N) is 2. The van der Waals surface area contributed by atoms with Crippen molar-refractivity contribution >= 4 is 33.8 Å². The van der Waals surface area contributed by atoms with Crippen LogP contribution >= 0.6 is 11.3 Å². The SMILES string of the molecule is NC(=O)c1c(N)sc2c1CCC1(CC(=O)c3ccccc31)C2=O. The molecule has 0 radical (unpaired) electrons. The van der Waals surface area contributed by atoms with Gasteiger partial charge in [0.05, 0.1) is 20.9 Å². The number of benzene rings is 1. The lowest BCUT2D eigenvalue weighted by Crippen LogP contribution is -2.38. The minimum Gasteiger partial charge on any atom is -0.390 e. The van der Waals surface area contributed by atoms with Gasteiger partial charge in [-0.05, 0) is 24.0 Å². The van der Waals surface area contributed by atoms with Gasteiger partial charge in [0.2, 0.25) is 0 Å². The Bertz CT molecular complexity index is 899. The van der Waals surface area contributed by atoms with E-state index < -0.39 is 11.3 Å². The van der Waals surface area contributed by atoms with Crippen LogP contribution < -0.4 is 11.5 Å². The predicted octanol–water partition coefficient (Wildman–Crippen LogP) is 2.08. The third-order valence-corrected chi connectivity index (χ3v) is 5.99. The summed E-state index contributed by atoms with van der Waals surface area (Å²) in [5.41, 5.74) is 12.8. The number of amides is 1. The summed E-state index contributed by atoms with van der Waals surface area (Å²) in [6.45, 7) is 0. The molecule has 2 aromatic rings. The molecule has 0 saturated carbocycles. The largest absolute Gasteiger partial charge is 0.390 e. The van der Waals surface area contributed by atoms with Crippen LogP contribution in [0.15, 0.2) is 24.3 Å². The minimum atomic E-state index is -0.813. The smallest absolute Gasteiger partial charge is 0.251 e. The van der Waals surface area contributed by atoms with Gasteiger partial charge in [-0.2, -0.15) is 0 Å². The summed E-state index contributed by atoms with van der Waals surface area (Å²) in [5, 5.41) is 0.283. The first kappa shape index (κ1) is 14.1. The summed E-state index contributed by atoms with van der Waals surface area (Å²) in [6, 6.07) is 7.28. The Balaban J connectivity index is 1.91. The highest BCUT2D eigenvalue weighted by atomic mass is 32.1. The van der Waals surface area contributed by atoms with Crippen molar-refractivity contribution in [1.29, 1.82) is 0 Å². The van der Waals surface area contributed by atoms with Crippen LogP contribution in [0.1, 0.15) is 54.4 Å². The first-order chi connectivity index (χ1) is 11.0. The molecule has 1 spiro atoms. The minimum absolute atomic E-state index is 0.00273. The van der Waals surface area contributed by atoms with E-state index >= 15 is 0 Å². The topological polar surface area (TPSA) is 103 Å². The highest BCUT2D eigenvalue weighted by Gasteiger charge is 2.52. The molecule has 1 heterocycles. The Hall–Kier alpha value is -2.47. The van der Waals surface area contributed by atoms with Gasteiger partial charge in [0.25, 0.3) is 5.91 Å². The number of carbonyl (C=O) groups is 3. The van der Waals surface area contributed by atoms with Crippen LogP contribution in [0.4, 0.5) is 5.00 Å². The summed E-state index contributed by atoms with van der Waals surface area (Å²) < 4.78 is 0. The molecule has 1 aromatic heterocycles. The summed E-state index contributed by atoms with van der Waals surface area (Å²) in [6.07, 6.45) is 1.21. The highest BCUT2D eigenvalue weighted by molar-refractivity contribution is 7.18. The predicted molar refractivity (Wildman–Crippen MR) is 87.0 cm³/mol. The lowest BCUT2D eigenvalue weighted by Gasteiger charge is -2.32. The van der Waals surface area contributed by atoms with E-state index in [0.29, 0.717) is 28.8 Å². The maximum atomic E-state index is 13.2. The molecule has 4 N–H and O–H groups in total. The van der Waals surface area contributed by atoms with Crippen LogP contribution in [-0.2, 0) is 11.8 Å². The molecule has 0 bridgehead atoms. The van der Waals surface area contributed by atoms with E-state index in [2.05, 4.69) is 0 Å². The Morgan fingerprint density at radius 3 is 2.70 bits per heavy atom. The summed E-state index contributed by atoms with van der Waals surface area (Å²) >= 11 is 1.11. The number of thiophene rings is 1. The molecule has 5 nitrogen and oxygen atoms in total. The molecule has 1 atom stereocenters. The van der Waals surface area contributed by atoms with Gasteiger partial charge in [0.15, 0.2) is 11.6 Å². The van der Waals surface area contributed by atoms with Gasteiger partial charge in [0, 0.05) is 12.0 Å². The molecule has 0 saturated heterocycles. The quantitative estimate of drug-likeness (QED) is 0.837. The fraction of sp³-hybridized carbons (Fsp3) is 0.235. The monoisotopic (exact) mass is 326 g/mol. The number of fused-ring (bicyclic) bond motifs is 3. The van der Waals surface area contributed by atoms with Crippen molar-refractivity contribution < 1.29 is 14.4 Å². The molecule has 116 valence electrons. The average Bonchev–Trinajstić information content (AvgIpc) is 3.00. The number of Topliss-reactive ketones (excluding diaryl/α,β-unsaturated/α-hetero) is 2. The number of nitrogen functional groups attached to an aromatic ring is 1. The van der Waals surface area contributed by atoms with E-state index in [4.69, 9.17) is 11.5 Å². The zero-order chi connectivity index (χ0) is 16.4. The van der Waals surface area contributed by atoms with E-state index in [0.717, 1.165) is 16.9 Å². The first-order valence-corrected chi connectivity index (χ1v) is 8.16. The Morgan fingerprint density at radius 1 is 1.22 bits per heavy atom. The fourth-order valence-electron chi connectivity index (χ4n) is 3.88. The first-order valence-electron chi connectivity index (χ1n) is 7.34. The van der Waals surface area contributed by atoms with Gasteiger partial charge in [-0.3, -0.25) is 14.4 Å². The van der Waals surface area contributed by atoms with Crippen molar-refractivity contribution in [1.82, 2.24) is 0 Å². The van der Waals surface area contributed by atoms with Crippen LogP contribution in [-0.4, -0.2) is 17.5 Å². The molecule has 4 rings (SSSR count). The van der Waals surface area contributed by atoms with Gasteiger partial charge in [-0.15, -0.1) is 11.3 Å². The van der Waals surface area contributed by atoms with Gasteiger partial charge < -0.3 is 11.5 Å². The van der Waals surface area contributed by atoms with Gasteiger partial charge >= 0.3 is 0 Å². The Morgan fingerprint density at radius 2 is 1.96 bits per heavy atom. The molecule has 0 fully saturated rings. The number of rotatable bonds is 1.